The molecule has 2 bridgehead atoms. The molecular weight excluding hydrogens is 218 g/mol. The Morgan fingerprint density at radius 1 is 1.58 bits per heavy atom. The quantitative estimate of drug-likeness (QED) is 0.388. The van der Waals surface area contributed by atoms with Gasteiger partial charge in [-0.3, -0.25) is 0 Å². The monoisotopic (exact) mass is 231 g/mol. The number of halogens is 1. The van der Waals surface area contributed by atoms with Crippen LogP contribution in [0.15, 0.2) is 5.16 Å². The van der Waals surface area contributed by atoms with Gasteiger partial charge in [0.05, 0.1) is 10.0 Å². The van der Waals surface area contributed by atoms with Crippen LogP contribution in [0.25, 0.3) is 0 Å². The molecule has 2 atom stereocenters. The fraction of sp³-hybridized carbons (Fsp3) is 0.889. The molecule has 0 spiro atoms. The van der Waals surface area contributed by atoms with Crippen LogP contribution >= 0.6 is 15.9 Å². The van der Waals surface area contributed by atoms with Crippen LogP contribution in [-0.4, -0.2) is 15.2 Å². The highest BCUT2D eigenvalue weighted by atomic mass is 79.9. The Labute approximate surface area is 81.2 Å². The van der Waals surface area contributed by atoms with Crippen molar-refractivity contribution in [3.8, 4) is 0 Å². The molecule has 2 aliphatic rings. The minimum absolute atomic E-state index is 0.0145. The van der Waals surface area contributed by atoms with E-state index in [-0.39, 0.29) is 9.74 Å². The number of rotatable bonds is 0. The summed E-state index contributed by atoms with van der Waals surface area (Å²) in [5.74, 6) is 0.697. The average Bonchev–Trinajstić information content (AvgIpc) is 2.34. The SMILES string of the molecule is CC1(C)[C@H]2CC[C@]1(Br)/C(=N\O)C2. The lowest BCUT2D eigenvalue weighted by molar-refractivity contribution is 0.288. The molecule has 0 radical (unpaired) electrons. The summed E-state index contributed by atoms with van der Waals surface area (Å²) in [6, 6.07) is 0. The van der Waals surface area contributed by atoms with Gasteiger partial charge in [0.2, 0.25) is 0 Å². The zero-order valence-electron chi connectivity index (χ0n) is 7.47. The summed E-state index contributed by atoms with van der Waals surface area (Å²) in [5, 5.41) is 12.3. The largest absolute Gasteiger partial charge is 0.411 e. The topological polar surface area (TPSA) is 32.6 Å². The van der Waals surface area contributed by atoms with E-state index in [1.807, 2.05) is 0 Å². The molecule has 2 rings (SSSR count). The summed E-state index contributed by atoms with van der Waals surface area (Å²) in [7, 11) is 0. The predicted molar refractivity (Wildman–Crippen MR) is 52.0 cm³/mol. The molecule has 0 aliphatic heterocycles. The van der Waals surface area contributed by atoms with E-state index in [1.165, 1.54) is 6.42 Å². The Hall–Kier alpha value is -0.0500. The molecule has 2 fully saturated rings. The minimum Gasteiger partial charge on any atom is -0.411 e. The van der Waals surface area contributed by atoms with Gasteiger partial charge in [-0.05, 0) is 30.6 Å². The molecule has 12 heavy (non-hydrogen) atoms. The molecule has 2 nitrogen and oxygen atoms in total. The second-order valence-electron chi connectivity index (χ2n) is 4.51. The molecule has 0 unspecified atom stereocenters. The van der Waals surface area contributed by atoms with Gasteiger partial charge in [0.1, 0.15) is 0 Å². The second kappa shape index (κ2) is 2.25. The highest BCUT2D eigenvalue weighted by Crippen LogP contribution is 2.62. The van der Waals surface area contributed by atoms with Crippen molar-refractivity contribution in [2.75, 3.05) is 0 Å². The molecule has 0 saturated heterocycles. The van der Waals surface area contributed by atoms with Gasteiger partial charge in [-0.1, -0.05) is 34.9 Å². The van der Waals surface area contributed by atoms with Gasteiger partial charge in [0.25, 0.3) is 0 Å². The molecule has 68 valence electrons. The van der Waals surface area contributed by atoms with E-state index in [0.717, 1.165) is 18.6 Å². The van der Waals surface area contributed by atoms with E-state index in [1.54, 1.807) is 0 Å². The Morgan fingerprint density at radius 3 is 2.50 bits per heavy atom. The van der Waals surface area contributed by atoms with Crippen molar-refractivity contribution in [3.05, 3.63) is 0 Å². The second-order valence-corrected chi connectivity index (χ2v) is 5.86. The van der Waals surface area contributed by atoms with Crippen molar-refractivity contribution in [2.45, 2.75) is 37.4 Å². The summed E-state index contributed by atoms with van der Waals surface area (Å²) in [5.41, 5.74) is 1.21. The van der Waals surface area contributed by atoms with Crippen LogP contribution in [-0.2, 0) is 0 Å². The lowest BCUT2D eigenvalue weighted by Gasteiger charge is -2.31. The Kier molecular flexibility index (Phi) is 1.60. The van der Waals surface area contributed by atoms with E-state index >= 15 is 0 Å². The molecule has 0 heterocycles. The highest BCUT2D eigenvalue weighted by molar-refractivity contribution is 9.10. The first-order chi connectivity index (χ1) is 5.52. The van der Waals surface area contributed by atoms with Gasteiger partial charge in [0, 0.05) is 0 Å². The maximum absolute atomic E-state index is 8.84. The number of oxime groups is 1. The van der Waals surface area contributed by atoms with Gasteiger partial charge in [-0.25, -0.2) is 0 Å². The summed E-state index contributed by atoms with van der Waals surface area (Å²) in [6.07, 6.45) is 3.34. The summed E-state index contributed by atoms with van der Waals surface area (Å²) >= 11 is 3.74. The molecule has 0 aromatic carbocycles. The summed E-state index contributed by atoms with van der Waals surface area (Å²) < 4.78 is -0.0145. The summed E-state index contributed by atoms with van der Waals surface area (Å²) in [4.78, 5) is 0. The van der Waals surface area contributed by atoms with Gasteiger partial charge < -0.3 is 5.21 Å². The van der Waals surface area contributed by atoms with Crippen LogP contribution in [0, 0.1) is 11.3 Å². The van der Waals surface area contributed by atoms with Crippen molar-refractivity contribution >= 4 is 21.6 Å². The molecule has 2 saturated carbocycles. The Bertz CT molecular complexity index is 249. The minimum atomic E-state index is -0.0145. The maximum Gasteiger partial charge on any atom is 0.0746 e. The van der Waals surface area contributed by atoms with Gasteiger partial charge >= 0.3 is 0 Å². The average molecular weight is 232 g/mol. The molecule has 3 heteroatoms. The van der Waals surface area contributed by atoms with E-state index in [0.29, 0.717) is 5.92 Å². The number of alkyl halides is 1. The maximum atomic E-state index is 8.84. The first kappa shape index (κ1) is 8.54. The molecule has 1 N–H and O–H groups in total. The van der Waals surface area contributed by atoms with Crippen LogP contribution < -0.4 is 0 Å². The van der Waals surface area contributed by atoms with Crippen molar-refractivity contribution in [1.82, 2.24) is 0 Å². The summed E-state index contributed by atoms with van der Waals surface area (Å²) in [6.45, 7) is 4.52. The standard InChI is InChI=1S/C9H14BrNO/c1-8(2)6-3-4-9(8,10)7(5-6)11-12/h6,12H,3-5H2,1-2H3/b11-7-/t6-,9-/m0/s1. The third-order valence-corrected chi connectivity index (χ3v) is 5.77. The number of fused-ring (bicyclic) bond motifs is 2. The lowest BCUT2D eigenvalue weighted by atomic mass is 9.82. The van der Waals surface area contributed by atoms with Crippen LogP contribution in [0.5, 0.6) is 0 Å². The number of nitrogens with zero attached hydrogens (tertiary/aromatic N) is 1. The van der Waals surface area contributed by atoms with E-state index in [4.69, 9.17) is 5.21 Å². The fourth-order valence-electron chi connectivity index (χ4n) is 2.77. The molecule has 0 aromatic rings. The van der Waals surface area contributed by atoms with Crippen LogP contribution in [0.4, 0.5) is 0 Å². The third kappa shape index (κ3) is 0.734. The van der Waals surface area contributed by atoms with Crippen molar-refractivity contribution in [1.29, 1.82) is 0 Å². The lowest BCUT2D eigenvalue weighted by Crippen LogP contribution is -2.36. The normalized spacial score (nSPS) is 47.2. The van der Waals surface area contributed by atoms with Gasteiger partial charge in [-0.15, -0.1) is 0 Å². The molecule has 0 aromatic heterocycles. The van der Waals surface area contributed by atoms with E-state index in [2.05, 4.69) is 34.9 Å². The van der Waals surface area contributed by atoms with Crippen LogP contribution in [0.2, 0.25) is 0 Å². The van der Waals surface area contributed by atoms with E-state index < -0.39 is 0 Å². The molecular formula is C9H14BrNO. The van der Waals surface area contributed by atoms with Gasteiger partial charge in [0.15, 0.2) is 0 Å². The smallest absolute Gasteiger partial charge is 0.0746 e. The van der Waals surface area contributed by atoms with Crippen LogP contribution in [0.1, 0.15) is 33.1 Å². The fourth-order valence-corrected chi connectivity index (χ4v) is 3.56. The Morgan fingerprint density at radius 2 is 2.25 bits per heavy atom. The Balaban J connectivity index is 2.46. The number of hydrogen-bond acceptors (Lipinski definition) is 2. The third-order valence-electron chi connectivity index (χ3n) is 3.90. The van der Waals surface area contributed by atoms with E-state index in [9.17, 15) is 0 Å². The number of hydrogen-bond donors (Lipinski definition) is 1. The first-order valence-electron chi connectivity index (χ1n) is 4.42. The van der Waals surface area contributed by atoms with Crippen molar-refractivity contribution < 1.29 is 5.21 Å². The highest BCUT2D eigenvalue weighted by Gasteiger charge is 2.61. The van der Waals surface area contributed by atoms with Crippen molar-refractivity contribution in [3.63, 3.8) is 0 Å². The molecule has 0 amide bonds. The zero-order valence-corrected chi connectivity index (χ0v) is 9.06. The molecule has 2 aliphatic carbocycles. The zero-order chi connectivity index (χ0) is 8.98. The van der Waals surface area contributed by atoms with Crippen LogP contribution in [0.3, 0.4) is 0 Å². The predicted octanol–water partition coefficient (Wildman–Crippen LogP) is 2.79. The van der Waals surface area contributed by atoms with Crippen molar-refractivity contribution in [2.24, 2.45) is 16.5 Å². The first-order valence-corrected chi connectivity index (χ1v) is 5.22. The van der Waals surface area contributed by atoms with Gasteiger partial charge in [-0.2, -0.15) is 0 Å².